The van der Waals surface area contributed by atoms with Gasteiger partial charge in [0.1, 0.15) is 11.5 Å². The van der Waals surface area contributed by atoms with Crippen LogP contribution < -0.4 is 20.1 Å². The maximum atomic E-state index is 11.7. The molecule has 1 aromatic rings. The Balaban J connectivity index is 1.60. The van der Waals surface area contributed by atoms with Crippen molar-refractivity contribution < 1.29 is 14.3 Å². The first-order valence-corrected chi connectivity index (χ1v) is 7.83. The SMILES string of the molecule is CCOc1ccc(OCC(=O)NCCN2CCNCC2)cc1. The van der Waals surface area contributed by atoms with Gasteiger partial charge in [-0.15, -0.1) is 0 Å². The molecule has 1 amide bonds. The van der Waals surface area contributed by atoms with Crippen molar-refractivity contribution >= 4 is 5.91 Å². The number of piperazine rings is 1. The quantitative estimate of drug-likeness (QED) is 0.732. The second kappa shape index (κ2) is 9.27. The van der Waals surface area contributed by atoms with Gasteiger partial charge in [0.15, 0.2) is 6.61 Å². The lowest BCUT2D eigenvalue weighted by atomic mass is 10.3. The van der Waals surface area contributed by atoms with Crippen LogP contribution >= 0.6 is 0 Å². The molecule has 1 heterocycles. The Bertz CT molecular complexity index is 444. The lowest BCUT2D eigenvalue weighted by Crippen LogP contribution is -2.46. The van der Waals surface area contributed by atoms with Gasteiger partial charge in [0, 0.05) is 39.3 Å². The minimum absolute atomic E-state index is 0.0372. The van der Waals surface area contributed by atoms with E-state index in [2.05, 4.69) is 15.5 Å². The van der Waals surface area contributed by atoms with E-state index >= 15 is 0 Å². The van der Waals surface area contributed by atoms with E-state index in [0.29, 0.717) is 18.9 Å². The van der Waals surface area contributed by atoms with E-state index in [4.69, 9.17) is 9.47 Å². The molecule has 1 aromatic carbocycles. The largest absolute Gasteiger partial charge is 0.494 e. The van der Waals surface area contributed by atoms with Crippen molar-refractivity contribution in [1.29, 1.82) is 0 Å². The van der Waals surface area contributed by atoms with Gasteiger partial charge in [-0.25, -0.2) is 0 Å². The molecule has 0 unspecified atom stereocenters. The minimum Gasteiger partial charge on any atom is -0.494 e. The summed E-state index contributed by atoms with van der Waals surface area (Å²) in [5.74, 6) is 1.38. The molecule has 0 aliphatic carbocycles. The van der Waals surface area contributed by atoms with Crippen LogP contribution in [0.2, 0.25) is 0 Å². The molecule has 6 heteroatoms. The van der Waals surface area contributed by atoms with Crippen molar-refractivity contribution in [2.24, 2.45) is 0 Å². The zero-order valence-electron chi connectivity index (χ0n) is 13.1. The third-order valence-electron chi connectivity index (χ3n) is 3.46. The molecule has 122 valence electrons. The number of hydrogen-bond donors (Lipinski definition) is 2. The first kappa shape index (κ1) is 16.6. The van der Waals surface area contributed by atoms with Crippen molar-refractivity contribution in [2.45, 2.75) is 6.92 Å². The summed E-state index contributed by atoms with van der Waals surface area (Å²) < 4.78 is 10.8. The van der Waals surface area contributed by atoms with Crippen LogP contribution in [0.3, 0.4) is 0 Å². The molecular weight excluding hydrogens is 282 g/mol. The molecule has 0 radical (unpaired) electrons. The second-order valence-electron chi connectivity index (χ2n) is 5.13. The monoisotopic (exact) mass is 307 g/mol. The van der Waals surface area contributed by atoms with Crippen LogP contribution in [0.1, 0.15) is 6.92 Å². The van der Waals surface area contributed by atoms with Crippen molar-refractivity contribution in [3.8, 4) is 11.5 Å². The molecule has 1 saturated heterocycles. The molecule has 0 bridgehead atoms. The third kappa shape index (κ3) is 5.91. The minimum atomic E-state index is -0.0935. The Morgan fingerprint density at radius 1 is 1.18 bits per heavy atom. The van der Waals surface area contributed by atoms with Crippen LogP contribution in [-0.2, 0) is 4.79 Å². The van der Waals surface area contributed by atoms with Gasteiger partial charge in [-0.3, -0.25) is 9.69 Å². The lowest BCUT2D eigenvalue weighted by Gasteiger charge is -2.27. The van der Waals surface area contributed by atoms with E-state index in [1.807, 2.05) is 19.1 Å². The highest BCUT2D eigenvalue weighted by molar-refractivity contribution is 5.77. The molecule has 2 N–H and O–H groups in total. The smallest absolute Gasteiger partial charge is 0.257 e. The molecule has 1 aliphatic rings. The van der Waals surface area contributed by atoms with Crippen LogP contribution in [0.15, 0.2) is 24.3 Å². The van der Waals surface area contributed by atoms with E-state index in [1.165, 1.54) is 0 Å². The zero-order valence-corrected chi connectivity index (χ0v) is 13.1. The van der Waals surface area contributed by atoms with E-state index in [9.17, 15) is 4.79 Å². The second-order valence-corrected chi connectivity index (χ2v) is 5.13. The van der Waals surface area contributed by atoms with Crippen LogP contribution in [0.25, 0.3) is 0 Å². The van der Waals surface area contributed by atoms with Gasteiger partial charge in [-0.05, 0) is 31.2 Å². The molecule has 0 spiro atoms. The Morgan fingerprint density at radius 3 is 2.45 bits per heavy atom. The topological polar surface area (TPSA) is 62.8 Å². The molecule has 0 saturated carbocycles. The number of benzene rings is 1. The normalized spacial score (nSPS) is 15.3. The average Bonchev–Trinajstić information content (AvgIpc) is 2.55. The van der Waals surface area contributed by atoms with Crippen molar-refractivity contribution in [3.05, 3.63) is 24.3 Å². The first-order chi connectivity index (χ1) is 10.8. The fourth-order valence-electron chi connectivity index (χ4n) is 2.29. The summed E-state index contributed by atoms with van der Waals surface area (Å²) in [5, 5.41) is 6.19. The van der Waals surface area contributed by atoms with Crippen molar-refractivity contribution in [1.82, 2.24) is 15.5 Å². The van der Waals surface area contributed by atoms with Crippen LogP contribution in [0.4, 0.5) is 0 Å². The molecule has 6 nitrogen and oxygen atoms in total. The highest BCUT2D eigenvalue weighted by Gasteiger charge is 2.09. The molecular formula is C16H25N3O3. The van der Waals surface area contributed by atoms with Crippen LogP contribution in [-0.4, -0.2) is 63.3 Å². The molecule has 0 aromatic heterocycles. The molecule has 1 aliphatic heterocycles. The third-order valence-corrected chi connectivity index (χ3v) is 3.46. The van der Waals surface area contributed by atoms with Gasteiger partial charge in [0.2, 0.25) is 0 Å². The molecule has 2 rings (SSSR count). The van der Waals surface area contributed by atoms with E-state index < -0.39 is 0 Å². The van der Waals surface area contributed by atoms with Gasteiger partial charge < -0.3 is 20.1 Å². The summed E-state index contributed by atoms with van der Waals surface area (Å²) in [6, 6.07) is 7.28. The summed E-state index contributed by atoms with van der Waals surface area (Å²) in [7, 11) is 0. The zero-order chi connectivity index (χ0) is 15.6. The standard InChI is InChI=1S/C16H25N3O3/c1-2-21-14-3-5-15(6-4-14)22-13-16(20)18-9-12-19-10-7-17-8-11-19/h3-6,17H,2,7-13H2,1H3,(H,18,20). The van der Waals surface area contributed by atoms with E-state index in [1.54, 1.807) is 12.1 Å². The van der Waals surface area contributed by atoms with Crippen LogP contribution in [0, 0.1) is 0 Å². The molecule has 1 fully saturated rings. The number of carbonyl (C=O) groups excluding carboxylic acids is 1. The summed E-state index contributed by atoms with van der Waals surface area (Å²) in [6.07, 6.45) is 0. The van der Waals surface area contributed by atoms with E-state index in [0.717, 1.165) is 38.5 Å². The number of rotatable bonds is 8. The van der Waals surface area contributed by atoms with Crippen LogP contribution in [0.5, 0.6) is 11.5 Å². The van der Waals surface area contributed by atoms with Crippen molar-refractivity contribution in [2.75, 3.05) is 52.5 Å². The predicted octanol–water partition coefficient (Wildman–Crippen LogP) is 0.486. The maximum absolute atomic E-state index is 11.7. The number of carbonyl (C=O) groups is 1. The van der Waals surface area contributed by atoms with E-state index in [-0.39, 0.29) is 12.5 Å². The molecule has 22 heavy (non-hydrogen) atoms. The predicted molar refractivity (Wildman–Crippen MR) is 85.4 cm³/mol. The number of nitrogens with one attached hydrogen (secondary N) is 2. The van der Waals surface area contributed by atoms with Crippen molar-refractivity contribution in [3.63, 3.8) is 0 Å². The lowest BCUT2D eigenvalue weighted by molar-refractivity contribution is -0.123. The number of nitrogens with zero attached hydrogens (tertiary/aromatic N) is 1. The Labute approximate surface area is 131 Å². The highest BCUT2D eigenvalue weighted by Crippen LogP contribution is 2.17. The fraction of sp³-hybridized carbons (Fsp3) is 0.562. The maximum Gasteiger partial charge on any atom is 0.257 e. The number of amides is 1. The first-order valence-electron chi connectivity index (χ1n) is 7.83. The Morgan fingerprint density at radius 2 is 1.82 bits per heavy atom. The van der Waals surface area contributed by atoms with Gasteiger partial charge in [0.25, 0.3) is 5.91 Å². The Hall–Kier alpha value is -1.79. The van der Waals surface area contributed by atoms with Gasteiger partial charge in [0.05, 0.1) is 6.61 Å². The summed E-state index contributed by atoms with van der Waals surface area (Å²) >= 11 is 0. The number of ether oxygens (including phenoxy) is 2. The highest BCUT2D eigenvalue weighted by atomic mass is 16.5. The fourth-order valence-corrected chi connectivity index (χ4v) is 2.29. The van der Waals surface area contributed by atoms with Gasteiger partial charge in [-0.1, -0.05) is 0 Å². The summed E-state index contributed by atoms with van der Waals surface area (Å²) in [5.41, 5.74) is 0. The van der Waals surface area contributed by atoms with Gasteiger partial charge >= 0.3 is 0 Å². The number of hydrogen-bond acceptors (Lipinski definition) is 5. The van der Waals surface area contributed by atoms with Gasteiger partial charge in [-0.2, -0.15) is 0 Å². The summed E-state index contributed by atoms with van der Waals surface area (Å²) in [6.45, 7) is 8.28. The average molecular weight is 307 g/mol. The molecule has 0 atom stereocenters. The summed E-state index contributed by atoms with van der Waals surface area (Å²) in [4.78, 5) is 14.1. The Kier molecular flexibility index (Phi) is 6.99.